The van der Waals surface area contributed by atoms with Gasteiger partial charge in [0.1, 0.15) is 0 Å². The first-order valence-corrected chi connectivity index (χ1v) is 9.23. The summed E-state index contributed by atoms with van der Waals surface area (Å²) in [6.45, 7) is 3.19. The second-order valence-corrected chi connectivity index (χ2v) is 7.13. The fourth-order valence-electron chi connectivity index (χ4n) is 3.96. The van der Waals surface area contributed by atoms with E-state index in [-0.39, 0.29) is 42.7 Å². The van der Waals surface area contributed by atoms with Gasteiger partial charge in [-0.15, -0.1) is 24.8 Å². The molecule has 1 aromatic heterocycles. The summed E-state index contributed by atoms with van der Waals surface area (Å²) in [5, 5.41) is 7.77. The van der Waals surface area contributed by atoms with Crippen LogP contribution in [0.4, 0.5) is 0 Å². The molecule has 1 amide bonds. The van der Waals surface area contributed by atoms with Crippen LogP contribution in [-0.2, 0) is 16.0 Å². The van der Waals surface area contributed by atoms with E-state index in [1.54, 1.807) is 0 Å². The molecule has 0 spiro atoms. The molecule has 148 valence electrons. The predicted octanol–water partition coefficient (Wildman–Crippen LogP) is 2.75. The Hall–Kier alpha value is -1.40. The first-order chi connectivity index (χ1) is 12.3. The molecule has 2 aliphatic rings. The molecule has 0 aliphatic carbocycles. The molecule has 2 aliphatic heterocycles. The molecule has 0 bridgehead atoms. The number of aromatic nitrogens is 1. The molecule has 0 radical (unpaired) electrons. The number of nitrogens with zero attached hydrogens (tertiary/aromatic N) is 1. The highest BCUT2D eigenvalue weighted by Crippen LogP contribution is 2.24. The number of hydrogen-bond donors (Lipinski definition) is 2. The first-order valence-electron chi connectivity index (χ1n) is 9.23. The average Bonchev–Trinajstić information content (AvgIpc) is 3.09. The van der Waals surface area contributed by atoms with Crippen molar-refractivity contribution in [3.8, 4) is 0 Å². The molecular formula is C20H27Cl2N3O2. The van der Waals surface area contributed by atoms with Gasteiger partial charge in [0.25, 0.3) is 0 Å². The van der Waals surface area contributed by atoms with E-state index in [0.717, 1.165) is 37.9 Å². The molecule has 2 saturated heterocycles. The standard InChI is InChI=1S/C20H25N3O2.2ClH/c24-20(14-5-8-21-9-6-14)23-19-13-25-12-16(19)11-15-7-10-22-18-4-2-1-3-17(15)18;;/h1-4,7,10,14,16,19,21H,5-6,8-9,11-13H2,(H,23,24);2*1H/t16-,19-;;/m1../s1. The number of ether oxygens (including phenoxy) is 1. The van der Waals surface area contributed by atoms with Crippen molar-refractivity contribution >= 4 is 41.6 Å². The molecule has 0 saturated carbocycles. The summed E-state index contributed by atoms with van der Waals surface area (Å²) >= 11 is 0. The molecule has 2 atom stereocenters. The van der Waals surface area contributed by atoms with E-state index >= 15 is 0 Å². The van der Waals surface area contributed by atoms with Gasteiger partial charge in [0, 0.05) is 23.4 Å². The Kier molecular flexibility index (Phi) is 8.29. The number of para-hydroxylation sites is 1. The third kappa shape index (κ3) is 5.11. The lowest BCUT2D eigenvalue weighted by atomic mass is 9.91. The number of carbonyl (C=O) groups excluding carboxylic acids is 1. The van der Waals surface area contributed by atoms with Gasteiger partial charge in [-0.25, -0.2) is 0 Å². The molecule has 0 unspecified atom stereocenters. The minimum atomic E-state index is 0. The van der Waals surface area contributed by atoms with Crippen LogP contribution in [0.1, 0.15) is 18.4 Å². The van der Waals surface area contributed by atoms with Crippen molar-refractivity contribution in [1.29, 1.82) is 0 Å². The van der Waals surface area contributed by atoms with Crippen LogP contribution in [0, 0.1) is 11.8 Å². The summed E-state index contributed by atoms with van der Waals surface area (Å²) in [7, 11) is 0. The van der Waals surface area contributed by atoms with Gasteiger partial charge >= 0.3 is 0 Å². The van der Waals surface area contributed by atoms with E-state index in [4.69, 9.17) is 4.74 Å². The maximum Gasteiger partial charge on any atom is 0.223 e. The van der Waals surface area contributed by atoms with E-state index in [0.29, 0.717) is 19.1 Å². The van der Waals surface area contributed by atoms with E-state index in [9.17, 15) is 4.79 Å². The number of fused-ring (bicyclic) bond motifs is 1. The van der Waals surface area contributed by atoms with Gasteiger partial charge in [-0.2, -0.15) is 0 Å². The summed E-state index contributed by atoms with van der Waals surface area (Å²) in [5.41, 5.74) is 2.30. The third-order valence-corrected chi connectivity index (χ3v) is 5.46. The number of hydrogen-bond acceptors (Lipinski definition) is 4. The number of benzene rings is 1. The summed E-state index contributed by atoms with van der Waals surface area (Å²) in [6.07, 6.45) is 4.63. The highest BCUT2D eigenvalue weighted by molar-refractivity contribution is 5.85. The van der Waals surface area contributed by atoms with Crippen molar-refractivity contribution in [1.82, 2.24) is 15.6 Å². The second-order valence-electron chi connectivity index (χ2n) is 7.13. The fraction of sp³-hybridized carbons (Fsp3) is 0.500. The fourth-order valence-corrected chi connectivity index (χ4v) is 3.96. The maximum atomic E-state index is 12.6. The Bertz CT molecular complexity index is 748. The molecule has 5 nitrogen and oxygen atoms in total. The first kappa shape index (κ1) is 21.9. The Morgan fingerprint density at radius 2 is 1.93 bits per heavy atom. The van der Waals surface area contributed by atoms with Crippen LogP contribution < -0.4 is 10.6 Å². The summed E-state index contributed by atoms with van der Waals surface area (Å²) in [6, 6.07) is 10.4. The van der Waals surface area contributed by atoms with Crippen LogP contribution in [0.5, 0.6) is 0 Å². The molecule has 7 heteroatoms. The number of nitrogens with one attached hydrogen (secondary N) is 2. The number of pyridine rings is 1. The normalized spacial score (nSPS) is 22.7. The topological polar surface area (TPSA) is 63.2 Å². The summed E-state index contributed by atoms with van der Waals surface area (Å²) in [5.74, 6) is 0.655. The van der Waals surface area contributed by atoms with Crippen LogP contribution in [0.2, 0.25) is 0 Å². The van der Waals surface area contributed by atoms with Gasteiger partial charge in [-0.1, -0.05) is 18.2 Å². The van der Waals surface area contributed by atoms with Crippen molar-refractivity contribution in [2.45, 2.75) is 25.3 Å². The summed E-state index contributed by atoms with van der Waals surface area (Å²) in [4.78, 5) is 17.0. The maximum absolute atomic E-state index is 12.6. The molecular weight excluding hydrogens is 385 g/mol. The molecule has 2 aromatic rings. The SMILES string of the molecule is Cl.Cl.O=C(N[C@@H]1COC[C@H]1Cc1ccnc2ccccc12)C1CCNCC1. The molecule has 2 fully saturated rings. The molecule has 3 heterocycles. The number of amides is 1. The second kappa shape index (κ2) is 10.2. The zero-order valence-corrected chi connectivity index (χ0v) is 16.9. The lowest BCUT2D eigenvalue weighted by molar-refractivity contribution is -0.126. The summed E-state index contributed by atoms with van der Waals surface area (Å²) < 4.78 is 5.70. The van der Waals surface area contributed by atoms with Crippen molar-refractivity contribution in [3.05, 3.63) is 42.1 Å². The predicted molar refractivity (Wildman–Crippen MR) is 112 cm³/mol. The van der Waals surface area contributed by atoms with Crippen molar-refractivity contribution in [2.75, 3.05) is 26.3 Å². The quantitative estimate of drug-likeness (QED) is 0.811. The smallest absolute Gasteiger partial charge is 0.223 e. The largest absolute Gasteiger partial charge is 0.379 e. The minimum absolute atomic E-state index is 0. The Morgan fingerprint density at radius 3 is 2.74 bits per heavy atom. The zero-order valence-electron chi connectivity index (χ0n) is 15.2. The molecule has 27 heavy (non-hydrogen) atoms. The Labute approximate surface area is 172 Å². The Morgan fingerprint density at radius 1 is 1.15 bits per heavy atom. The average molecular weight is 412 g/mol. The van der Waals surface area contributed by atoms with Crippen molar-refractivity contribution in [3.63, 3.8) is 0 Å². The number of piperidine rings is 1. The van der Waals surface area contributed by atoms with Crippen LogP contribution in [0.25, 0.3) is 10.9 Å². The van der Waals surface area contributed by atoms with E-state index in [2.05, 4.69) is 33.8 Å². The minimum Gasteiger partial charge on any atom is -0.379 e. The number of halogens is 2. The van der Waals surface area contributed by atoms with Gasteiger partial charge in [0.15, 0.2) is 0 Å². The van der Waals surface area contributed by atoms with Crippen LogP contribution >= 0.6 is 24.8 Å². The lowest BCUT2D eigenvalue weighted by Gasteiger charge is -2.25. The third-order valence-electron chi connectivity index (χ3n) is 5.46. The van der Waals surface area contributed by atoms with Crippen molar-refractivity contribution in [2.24, 2.45) is 11.8 Å². The number of rotatable bonds is 4. The zero-order chi connectivity index (χ0) is 17.1. The van der Waals surface area contributed by atoms with E-state index < -0.39 is 0 Å². The highest BCUT2D eigenvalue weighted by Gasteiger charge is 2.32. The van der Waals surface area contributed by atoms with E-state index in [1.165, 1.54) is 10.9 Å². The van der Waals surface area contributed by atoms with Gasteiger partial charge in [-0.05, 0) is 50.0 Å². The molecule has 4 rings (SSSR count). The van der Waals surface area contributed by atoms with Gasteiger partial charge in [-0.3, -0.25) is 9.78 Å². The van der Waals surface area contributed by atoms with Crippen LogP contribution in [0.3, 0.4) is 0 Å². The lowest BCUT2D eigenvalue weighted by Crippen LogP contribution is -2.45. The number of carbonyl (C=O) groups is 1. The van der Waals surface area contributed by atoms with Gasteiger partial charge < -0.3 is 15.4 Å². The van der Waals surface area contributed by atoms with Crippen LogP contribution in [0.15, 0.2) is 36.5 Å². The van der Waals surface area contributed by atoms with Crippen molar-refractivity contribution < 1.29 is 9.53 Å². The molecule has 1 aromatic carbocycles. The monoisotopic (exact) mass is 411 g/mol. The van der Waals surface area contributed by atoms with E-state index in [1.807, 2.05) is 18.3 Å². The Balaban J connectivity index is 0.00000131. The van der Waals surface area contributed by atoms with Gasteiger partial charge in [0.05, 0.1) is 24.8 Å². The van der Waals surface area contributed by atoms with Crippen LogP contribution in [-0.4, -0.2) is 43.2 Å². The van der Waals surface area contributed by atoms with Gasteiger partial charge in [0.2, 0.25) is 5.91 Å². The molecule has 2 N–H and O–H groups in total. The highest BCUT2D eigenvalue weighted by atomic mass is 35.5.